The van der Waals surface area contributed by atoms with Gasteiger partial charge in [0.15, 0.2) is 0 Å². The van der Waals surface area contributed by atoms with Gasteiger partial charge in [-0.25, -0.2) is 4.98 Å². The number of aromatic nitrogens is 5. The van der Waals surface area contributed by atoms with Crippen LogP contribution in [0, 0.1) is 0 Å². The van der Waals surface area contributed by atoms with Gasteiger partial charge in [-0.3, -0.25) is 23.7 Å². The van der Waals surface area contributed by atoms with Crippen molar-refractivity contribution in [3.63, 3.8) is 0 Å². The summed E-state index contributed by atoms with van der Waals surface area (Å²) < 4.78 is 47.8. The molecule has 13 heteroatoms. The second-order valence-corrected chi connectivity index (χ2v) is 8.12. The Kier molecular flexibility index (Phi) is 5.63. The van der Waals surface area contributed by atoms with Crippen molar-refractivity contribution >= 4 is 28.4 Å². The molecule has 0 bridgehead atoms. The number of imidazole rings is 1. The molecule has 1 fully saturated rings. The Morgan fingerprint density at radius 1 is 1.11 bits per heavy atom. The average Bonchev–Trinajstić information content (AvgIpc) is 3.26. The minimum absolute atomic E-state index is 0.0171. The maximum Gasteiger partial charge on any atom is 0.408 e. The summed E-state index contributed by atoms with van der Waals surface area (Å²) in [6.45, 7) is 0.396. The number of fused-ring (bicyclic) bond motifs is 2. The van der Waals surface area contributed by atoms with Gasteiger partial charge >= 0.3 is 6.18 Å². The van der Waals surface area contributed by atoms with E-state index in [-0.39, 0.29) is 28.4 Å². The number of halogens is 3. The van der Waals surface area contributed by atoms with Gasteiger partial charge in [0.2, 0.25) is 5.91 Å². The van der Waals surface area contributed by atoms with Crippen molar-refractivity contribution in [2.75, 3.05) is 26.3 Å². The van der Waals surface area contributed by atoms with Crippen LogP contribution in [-0.2, 0) is 11.3 Å². The van der Waals surface area contributed by atoms with E-state index in [4.69, 9.17) is 10.5 Å². The van der Waals surface area contributed by atoms with E-state index in [1.807, 2.05) is 0 Å². The van der Waals surface area contributed by atoms with Gasteiger partial charge in [0.05, 0.1) is 29.6 Å². The quantitative estimate of drug-likeness (QED) is 0.472. The first-order valence-corrected chi connectivity index (χ1v) is 10.8. The normalized spacial score (nSPS) is 15.0. The number of pyridine rings is 2. The van der Waals surface area contributed by atoms with E-state index in [0.717, 1.165) is 4.68 Å². The fourth-order valence-corrected chi connectivity index (χ4v) is 4.08. The molecule has 0 unspecified atom stereocenters. The number of ether oxygens (including phenoxy) is 1. The molecule has 5 rings (SSSR count). The standard InChI is InChI=1S/C22H20F3N7O3/c23-22(24,25)12-32-16-8-15(21(34)30-4-1-6-35-7-5-30)27-9-14(16)19(29-32)17-10-28-18-3-2-13(20(26)33)11-31(17)18/h2-3,8-11H,1,4-7,12H2,(H2,26,33). The summed E-state index contributed by atoms with van der Waals surface area (Å²) in [6.07, 6.45) is 0.330. The van der Waals surface area contributed by atoms with Gasteiger partial charge in [-0.15, -0.1) is 0 Å². The molecule has 0 radical (unpaired) electrons. The summed E-state index contributed by atoms with van der Waals surface area (Å²) in [7, 11) is 0. The Morgan fingerprint density at radius 3 is 2.71 bits per heavy atom. The number of nitrogens with two attached hydrogens (primary N) is 1. The highest BCUT2D eigenvalue weighted by atomic mass is 19.4. The Morgan fingerprint density at radius 2 is 1.94 bits per heavy atom. The van der Waals surface area contributed by atoms with Crippen LogP contribution in [0.25, 0.3) is 27.9 Å². The molecule has 182 valence electrons. The van der Waals surface area contributed by atoms with Crippen molar-refractivity contribution in [3.05, 3.63) is 48.0 Å². The lowest BCUT2D eigenvalue weighted by atomic mass is 10.2. The third-order valence-corrected chi connectivity index (χ3v) is 5.73. The number of rotatable bonds is 4. The molecule has 0 spiro atoms. The summed E-state index contributed by atoms with van der Waals surface area (Å²) in [4.78, 5) is 34.7. The number of alkyl halides is 3. The molecule has 0 aromatic carbocycles. The number of amides is 2. The van der Waals surface area contributed by atoms with Gasteiger partial charge in [-0.05, 0) is 24.6 Å². The van der Waals surface area contributed by atoms with E-state index < -0.39 is 18.6 Å². The number of carbonyl (C=O) groups is 2. The second kappa shape index (κ2) is 8.65. The first-order chi connectivity index (χ1) is 16.7. The smallest absolute Gasteiger partial charge is 0.380 e. The van der Waals surface area contributed by atoms with Crippen LogP contribution in [0.5, 0.6) is 0 Å². The molecule has 1 saturated heterocycles. The lowest BCUT2D eigenvalue weighted by Gasteiger charge is -2.19. The SMILES string of the molecule is NC(=O)c1ccc2ncc(-c3nn(CC(F)(F)F)c4cc(C(=O)N5CCCOCC5)ncc34)n2c1. The maximum atomic E-state index is 13.4. The zero-order valence-electron chi connectivity index (χ0n) is 18.3. The van der Waals surface area contributed by atoms with Crippen molar-refractivity contribution in [2.24, 2.45) is 5.73 Å². The summed E-state index contributed by atoms with van der Waals surface area (Å²) >= 11 is 0. The Hall–Kier alpha value is -4.00. The van der Waals surface area contributed by atoms with Gasteiger partial charge in [-0.1, -0.05) is 0 Å². The van der Waals surface area contributed by atoms with Crippen LogP contribution in [0.1, 0.15) is 27.3 Å². The predicted octanol–water partition coefficient (Wildman–Crippen LogP) is 2.27. The van der Waals surface area contributed by atoms with E-state index >= 15 is 0 Å². The highest BCUT2D eigenvalue weighted by Crippen LogP contribution is 2.31. The molecule has 10 nitrogen and oxygen atoms in total. The molecule has 2 N–H and O–H groups in total. The highest BCUT2D eigenvalue weighted by Gasteiger charge is 2.31. The van der Waals surface area contributed by atoms with E-state index in [2.05, 4.69) is 15.1 Å². The summed E-state index contributed by atoms with van der Waals surface area (Å²) in [5.74, 6) is -1.05. The van der Waals surface area contributed by atoms with Gasteiger partial charge in [0.1, 0.15) is 23.6 Å². The lowest BCUT2D eigenvalue weighted by molar-refractivity contribution is -0.141. The molecule has 4 aromatic rings. The van der Waals surface area contributed by atoms with Gasteiger partial charge in [0, 0.05) is 37.5 Å². The molecule has 35 heavy (non-hydrogen) atoms. The van der Waals surface area contributed by atoms with Gasteiger partial charge in [-0.2, -0.15) is 18.3 Å². The van der Waals surface area contributed by atoms with Crippen molar-refractivity contribution in [1.82, 2.24) is 29.0 Å². The first-order valence-electron chi connectivity index (χ1n) is 10.8. The third-order valence-electron chi connectivity index (χ3n) is 5.73. The molecule has 1 aliphatic rings. The number of nitrogens with zero attached hydrogens (tertiary/aromatic N) is 6. The fourth-order valence-electron chi connectivity index (χ4n) is 4.08. The maximum absolute atomic E-state index is 13.4. The molecule has 0 atom stereocenters. The molecule has 5 heterocycles. The second-order valence-electron chi connectivity index (χ2n) is 8.12. The van der Waals surface area contributed by atoms with Crippen LogP contribution in [0.15, 0.2) is 36.8 Å². The molecule has 0 aliphatic carbocycles. The molecule has 1 aliphatic heterocycles. The summed E-state index contributed by atoms with van der Waals surface area (Å²) in [6, 6.07) is 4.39. The van der Waals surface area contributed by atoms with E-state index in [1.165, 1.54) is 35.1 Å². The molecule has 4 aromatic heterocycles. The zero-order valence-corrected chi connectivity index (χ0v) is 18.3. The molecule has 0 saturated carbocycles. The summed E-state index contributed by atoms with van der Waals surface area (Å²) in [5, 5.41) is 4.51. The molecular weight excluding hydrogens is 467 g/mol. The highest BCUT2D eigenvalue weighted by molar-refractivity contribution is 5.99. The Labute approximate surface area is 196 Å². The topological polar surface area (TPSA) is 121 Å². The average molecular weight is 487 g/mol. The summed E-state index contributed by atoms with van der Waals surface area (Å²) in [5.41, 5.74) is 6.66. The fraction of sp³-hybridized carbons (Fsp3) is 0.318. The molecule has 2 amide bonds. The van der Waals surface area contributed by atoms with Crippen molar-refractivity contribution in [3.8, 4) is 11.4 Å². The van der Waals surface area contributed by atoms with Crippen molar-refractivity contribution in [1.29, 1.82) is 0 Å². The number of hydrogen-bond donors (Lipinski definition) is 1. The van der Waals surface area contributed by atoms with Crippen LogP contribution in [0.4, 0.5) is 13.2 Å². The number of primary amides is 1. The lowest BCUT2D eigenvalue weighted by Crippen LogP contribution is -2.33. The van der Waals surface area contributed by atoms with Gasteiger partial charge < -0.3 is 15.4 Å². The van der Waals surface area contributed by atoms with E-state index in [9.17, 15) is 22.8 Å². The van der Waals surface area contributed by atoms with Gasteiger partial charge in [0.25, 0.3) is 5.91 Å². The van der Waals surface area contributed by atoms with Crippen molar-refractivity contribution < 1.29 is 27.5 Å². The monoisotopic (exact) mass is 487 g/mol. The van der Waals surface area contributed by atoms with Crippen LogP contribution in [0.2, 0.25) is 0 Å². The Balaban J connectivity index is 1.64. The predicted molar refractivity (Wildman–Crippen MR) is 118 cm³/mol. The minimum Gasteiger partial charge on any atom is -0.380 e. The molecular formula is C22H20F3N7O3. The largest absolute Gasteiger partial charge is 0.408 e. The first kappa shape index (κ1) is 22.8. The minimum atomic E-state index is -4.55. The number of carbonyl (C=O) groups excluding carboxylic acids is 2. The van der Waals surface area contributed by atoms with Crippen LogP contribution in [-0.4, -0.2) is 73.3 Å². The van der Waals surface area contributed by atoms with E-state index in [1.54, 1.807) is 11.0 Å². The third kappa shape index (κ3) is 4.41. The number of hydrogen-bond acceptors (Lipinski definition) is 6. The van der Waals surface area contributed by atoms with Crippen LogP contribution < -0.4 is 5.73 Å². The van der Waals surface area contributed by atoms with E-state index in [0.29, 0.717) is 49.5 Å². The van der Waals surface area contributed by atoms with Crippen LogP contribution in [0.3, 0.4) is 0 Å². The Bertz CT molecular complexity index is 1440. The zero-order chi connectivity index (χ0) is 24.7. The van der Waals surface area contributed by atoms with Crippen LogP contribution >= 0.6 is 0 Å². The van der Waals surface area contributed by atoms with Crippen molar-refractivity contribution in [2.45, 2.75) is 19.1 Å².